The van der Waals surface area contributed by atoms with Gasteiger partial charge in [0, 0.05) is 30.7 Å². The van der Waals surface area contributed by atoms with Gasteiger partial charge >= 0.3 is 0 Å². The fourth-order valence-electron chi connectivity index (χ4n) is 3.21. The van der Waals surface area contributed by atoms with E-state index in [1.165, 1.54) is 0 Å². The molecule has 0 aliphatic carbocycles. The van der Waals surface area contributed by atoms with Gasteiger partial charge in [0.1, 0.15) is 16.8 Å². The van der Waals surface area contributed by atoms with Crippen LogP contribution in [0.25, 0.3) is 21.3 Å². The summed E-state index contributed by atoms with van der Waals surface area (Å²) >= 11 is 1.57. The normalized spacial score (nSPS) is 17.6. The molecule has 0 radical (unpaired) electrons. The third-order valence-corrected chi connectivity index (χ3v) is 5.60. The smallest absolute Gasteiger partial charge is 0.243 e. The number of thiazole rings is 1. The summed E-state index contributed by atoms with van der Waals surface area (Å²) in [7, 11) is 1.65. The van der Waals surface area contributed by atoms with Crippen molar-refractivity contribution in [3.05, 3.63) is 42.9 Å². The first-order chi connectivity index (χ1) is 12.8. The van der Waals surface area contributed by atoms with Gasteiger partial charge < -0.3 is 14.6 Å². The van der Waals surface area contributed by atoms with E-state index < -0.39 is 0 Å². The minimum atomic E-state index is -0.211. The Morgan fingerprint density at radius 2 is 2.23 bits per heavy atom. The predicted octanol–water partition coefficient (Wildman–Crippen LogP) is 3.52. The van der Waals surface area contributed by atoms with Crippen LogP contribution >= 0.6 is 11.3 Å². The molecule has 0 saturated carbocycles. The molecule has 4 rings (SSSR count). The molecule has 6 nitrogen and oxygen atoms in total. The van der Waals surface area contributed by atoms with E-state index in [-0.39, 0.29) is 11.9 Å². The molecule has 0 bridgehead atoms. The molecule has 1 unspecified atom stereocenters. The lowest BCUT2D eigenvalue weighted by molar-refractivity contribution is -0.124. The van der Waals surface area contributed by atoms with Crippen molar-refractivity contribution in [1.82, 2.24) is 19.9 Å². The number of hydrogen-bond acceptors (Lipinski definition) is 5. The summed E-state index contributed by atoms with van der Waals surface area (Å²) < 4.78 is 7.27. The maximum absolute atomic E-state index is 12.4. The molecule has 3 heterocycles. The summed E-state index contributed by atoms with van der Waals surface area (Å²) in [5.41, 5.74) is 1.01. The molecule has 1 aliphatic heterocycles. The number of nitrogens with one attached hydrogen (secondary N) is 1. The second-order valence-electron chi connectivity index (χ2n) is 6.22. The van der Waals surface area contributed by atoms with Gasteiger partial charge in [0.25, 0.3) is 0 Å². The molecule has 1 saturated heterocycles. The number of hydrogen-bond donors (Lipinski definition) is 1. The Balaban J connectivity index is 1.66. The zero-order chi connectivity index (χ0) is 17.9. The molecule has 1 atom stereocenters. The zero-order valence-electron chi connectivity index (χ0n) is 14.5. The molecule has 1 aromatic carbocycles. The topological polar surface area (TPSA) is 69.0 Å². The van der Waals surface area contributed by atoms with E-state index in [4.69, 9.17) is 4.74 Å². The van der Waals surface area contributed by atoms with Crippen LogP contribution in [-0.4, -0.2) is 34.1 Å². The average molecular weight is 368 g/mol. The monoisotopic (exact) mass is 368 g/mol. The van der Waals surface area contributed by atoms with Crippen molar-refractivity contribution in [2.45, 2.75) is 25.3 Å². The highest BCUT2D eigenvalue weighted by Crippen LogP contribution is 2.34. The molecule has 1 aliphatic rings. The van der Waals surface area contributed by atoms with Gasteiger partial charge in [0.15, 0.2) is 5.82 Å². The second-order valence-corrected chi connectivity index (χ2v) is 7.25. The molecular weight excluding hydrogens is 348 g/mol. The van der Waals surface area contributed by atoms with Crippen molar-refractivity contribution in [2.75, 3.05) is 13.7 Å². The van der Waals surface area contributed by atoms with Crippen molar-refractivity contribution in [2.24, 2.45) is 0 Å². The van der Waals surface area contributed by atoms with Gasteiger partial charge in [-0.15, -0.1) is 11.3 Å². The van der Waals surface area contributed by atoms with Gasteiger partial charge in [-0.3, -0.25) is 4.79 Å². The molecule has 2 aromatic heterocycles. The molecule has 3 aromatic rings. The average Bonchev–Trinajstić information content (AvgIpc) is 3.29. The number of rotatable bonds is 4. The number of methoxy groups -OCH3 is 1. The Hall–Kier alpha value is -2.67. The van der Waals surface area contributed by atoms with E-state index in [2.05, 4.69) is 15.3 Å². The van der Waals surface area contributed by atoms with Crippen LogP contribution in [-0.2, 0) is 4.79 Å². The molecule has 1 amide bonds. The number of imidazole rings is 1. The first kappa shape index (κ1) is 16.8. The molecule has 134 valence electrons. The van der Waals surface area contributed by atoms with Crippen LogP contribution in [0.5, 0.6) is 5.75 Å². The lowest BCUT2D eigenvalue weighted by atomic mass is 10.1. The fraction of sp³-hybridized carbons (Fsp3) is 0.316. The summed E-state index contributed by atoms with van der Waals surface area (Å²) in [5, 5.41) is 3.89. The quantitative estimate of drug-likeness (QED) is 0.765. The van der Waals surface area contributed by atoms with Crippen LogP contribution in [0.4, 0.5) is 0 Å². The molecule has 0 spiro atoms. The van der Waals surface area contributed by atoms with Crippen molar-refractivity contribution < 1.29 is 9.53 Å². The highest BCUT2D eigenvalue weighted by Gasteiger charge is 2.25. The lowest BCUT2D eigenvalue weighted by Crippen LogP contribution is -2.30. The van der Waals surface area contributed by atoms with E-state index in [1.807, 2.05) is 41.2 Å². The maximum Gasteiger partial charge on any atom is 0.243 e. The summed E-state index contributed by atoms with van der Waals surface area (Å²) in [6, 6.07) is 7.63. The molecule has 26 heavy (non-hydrogen) atoms. The molecule has 1 N–H and O–H groups in total. The molecule has 1 fully saturated rings. The van der Waals surface area contributed by atoms with Gasteiger partial charge in [0.2, 0.25) is 5.91 Å². The molecular formula is C19H20N4O2S. The minimum absolute atomic E-state index is 0.0688. The molecule has 7 heteroatoms. The Labute approximate surface area is 155 Å². The van der Waals surface area contributed by atoms with Crippen molar-refractivity contribution in [1.29, 1.82) is 0 Å². The van der Waals surface area contributed by atoms with Crippen LogP contribution in [0.1, 0.15) is 25.3 Å². The Morgan fingerprint density at radius 3 is 3.12 bits per heavy atom. The van der Waals surface area contributed by atoms with Crippen LogP contribution < -0.4 is 10.1 Å². The largest absolute Gasteiger partial charge is 0.497 e. The van der Waals surface area contributed by atoms with Gasteiger partial charge in [-0.25, -0.2) is 9.97 Å². The van der Waals surface area contributed by atoms with Crippen LogP contribution in [0.15, 0.2) is 42.9 Å². The SMILES string of the molecule is COc1cccc(-c2ncc(-c3nccn3C3CCCCNC3=O)s2)c1. The van der Waals surface area contributed by atoms with E-state index in [0.717, 1.165) is 52.8 Å². The van der Waals surface area contributed by atoms with Gasteiger partial charge in [0.05, 0.1) is 12.0 Å². The first-order valence-corrected chi connectivity index (χ1v) is 9.49. The van der Waals surface area contributed by atoms with E-state index in [0.29, 0.717) is 0 Å². The number of amides is 1. The predicted molar refractivity (Wildman–Crippen MR) is 101 cm³/mol. The zero-order valence-corrected chi connectivity index (χ0v) is 15.3. The van der Waals surface area contributed by atoms with Gasteiger partial charge in [-0.05, 0) is 31.4 Å². The van der Waals surface area contributed by atoms with Crippen LogP contribution in [0.3, 0.4) is 0 Å². The van der Waals surface area contributed by atoms with E-state index in [9.17, 15) is 4.79 Å². The summed E-state index contributed by atoms with van der Waals surface area (Å²) in [4.78, 5) is 22.4. The number of benzene rings is 1. The van der Waals surface area contributed by atoms with Crippen molar-refractivity contribution in [3.63, 3.8) is 0 Å². The fourth-order valence-corrected chi connectivity index (χ4v) is 4.12. The van der Waals surface area contributed by atoms with Crippen molar-refractivity contribution in [3.8, 4) is 27.0 Å². The lowest BCUT2D eigenvalue weighted by Gasteiger charge is -2.16. The van der Waals surface area contributed by atoms with E-state index in [1.54, 1.807) is 24.6 Å². The minimum Gasteiger partial charge on any atom is -0.497 e. The van der Waals surface area contributed by atoms with Crippen LogP contribution in [0.2, 0.25) is 0 Å². The Morgan fingerprint density at radius 1 is 1.31 bits per heavy atom. The standard InChI is InChI=1S/C19H20N4O2S/c1-25-14-6-4-5-13(11-14)19-22-12-16(26-19)17-20-9-10-23(17)15-7-2-3-8-21-18(15)24/h4-6,9-12,15H,2-3,7-8H2,1H3,(H,21,24). The Bertz CT molecular complexity index is 918. The van der Waals surface area contributed by atoms with Crippen molar-refractivity contribution >= 4 is 17.2 Å². The summed E-state index contributed by atoms with van der Waals surface area (Å²) in [6.07, 6.45) is 8.34. The highest BCUT2D eigenvalue weighted by molar-refractivity contribution is 7.18. The van der Waals surface area contributed by atoms with Gasteiger partial charge in [-0.1, -0.05) is 12.1 Å². The van der Waals surface area contributed by atoms with E-state index >= 15 is 0 Å². The number of aromatic nitrogens is 3. The van der Waals surface area contributed by atoms with Crippen LogP contribution in [0, 0.1) is 0 Å². The number of nitrogens with zero attached hydrogens (tertiary/aromatic N) is 3. The summed E-state index contributed by atoms with van der Waals surface area (Å²) in [5.74, 6) is 1.66. The highest BCUT2D eigenvalue weighted by atomic mass is 32.1. The summed E-state index contributed by atoms with van der Waals surface area (Å²) in [6.45, 7) is 0.750. The first-order valence-electron chi connectivity index (χ1n) is 8.67. The number of carbonyl (C=O) groups is 1. The maximum atomic E-state index is 12.4. The third kappa shape index (κ3) is 3.22. The Kier molecular flexibility index (Phi) is 4.71. The number of carbonyl (C=O) groups excluding carboxylic acids is 1. The second kappa shape index (κ2) is 7.29. The number of ether oxygens (including phenoxy) is 1. The van der Waals surface area contributed by atoms with Gasteiger partial charge in [-0.2, -0.15) is 0 Å². The third-order valence-electron chi connectivity index (χ3n) is 4.55.